The summed E-state index contributed by atoms with van der Waals surface area (Å²) < 4.78 is 0. The molecule has 2 aromatic carbocycles. The van der Waals surface area contributed by atoms with Gasteiger partial charge in [0.1, 0.15) is 19.0 Å². The van der Waals surface area contributed by atoms with Crippen LogP contribution < -0.4 is 0 Å². The van der Waals surface area contributed by atoms with Crippen LogP contribution in [-0.4, -0.2) is 45.1 Å². The molecule has 0 aliphatic heterocycles. The first kappa shape index (κ1) is 24.9. The van der Waals surface area contributed by atoms with Gasteiger partial charge < -0.3 is 0 Å². The number of rotatable bonds is 6. The van der Waals surface area contributed by atoms with Crippen molar-refractivity contribution in [2.45, 2.75) is 0 Å². The van der Waals surface area contributed by atoms with Crippen molar-refractivity contribution in [3.05, 3.63) is 129 Å². The molecule has 5 aromatic heterocycles. The fourth-order valence-electron chi connectivity index (χ4n) is 4.82. The lowest BCUT2D eigenvalue weighted by Gasteiger charge is -2.13. The van der Waals surface area contributed by atoms with Crippen LogP contribution in [0, 0.1) is 0 Å². The minimum absolute atomic E-state index is 0.912. The Morgan fingerprint density at radius 2 is 0.595 bits per heavy atom. The molecule has 0 atom stereocenters. The molecular formula is C33H21N9. The van der Waals surface area contributed by atoms with Gasteiger partial charge in [0.2, 0.25) is 0 Å². The van der Waals surface area contributed by atoms with E-state index in [1.165, 1.54) is 19.0 Å². The molecule has 0 N–H and O–H groups in total. The minimum atomic E-state index is 0.912. The van der Waals surface area contributed by atoms with Crippen molar-refractivity contribution in [2.75, 3.05) is 0 Å². The molecule has 198 valence electrons. The van der Waals surface area contributed by atoms with E-state index in [0.717, 1.165) is 66.8 Å². The first-order valence-electron chi connectivity index (χ1n) is 13.1. The molecule has 0 bridgehead atoms. The van der Waals surface area contributed by atoms with Crippen molar-refractivity contribution in [3.63, 3.8) is 0 Å². The maximum atomic E-state index is 4.65. The van der Waals surface area contributed by atoms with Crippen molar-refractivity contribution in [3.8, 4) is 66.8 Å². The Morgan fingerprint density at radius 3 is 0.976 bits per heavy atom. The SMILES string of the molecule is c1ncc(-c2cc(-c3cncnc3)cc(-c3cncc(-c4cc(-c5cncnc5)cc(-c5ccnnc5)c4)c3)c2)cn1. The molecule has 0 saturated heterocycles. The highest BCUT2D eigenvalue weighted by atomic mass is 15.1. The van der Waals surface area contributed by atoms with E-state index in [4.69, 9.17) is 0 Å². The van der Waals surface area contributed by atoms with Gasteiger partial charge in [0, 0.05) is 83.0 Å². The average Bonchev–Trinajstić information content (AvgIpc) is 3.09. The van der Waals surface area contributed by atoms with Gasteiger partial charge in [-0.2, -0.15) is 10.2 Å². The fraction of sp³-hybridized carbons (Fsp3) is 0. The molecule has 0 fully saturated rings. The molecule has 0 aliphatic rings. The van der Waals surface area contributed by atoms with Gasteiger partial charge in [-0.1, -0.05) is 0 Å². The average molecular weight is 544 g/mol. The van der Waals surface area contributed by atoms with E-state index in [9.17, 15) is 0 Å². The molecule has 0 saturated carbocycles. The highest BCUT2D eigenvalue weighted by Crippen LogP contribution is 2.36. The van der Waals surface area contributed by atoms with Crippen LogP contribution in [0.5, 0.6) is 0 Å². The molecule has 0 amide bonds. The molecule has 7 rings (SSSR count). The highest BCUT2D eigenvalue weighted by molar-refractivity contribution is 5.84. The van der Waals surface area contributed by atoms with Gasteiger partial charge in [-0.15, -0.1) is 0 Å². The van der Waals surface area contributed by atoms with Crippen molar-refractivity contribution in [1.82, 2.24) is 45.1 Å². The zero-order valence-electron chi connectivity index (χ0n) is 22.1. The Labute approximate surface area is 241 Å². The van der Waals surface area contributed by atoms with Crippen LogP contribution in [0.25, 0.3) is 66.8 Å². The predicted molar refractivity (Wildman–Crippen MR) is 159 cm³/mol. The largest absolute Gasteiger partial charge is 0.263 e. The lowest BCUT2D eigenvalue weighted by atomic mass is 9.93. The molecule has 0 radical (unpaired) electrons. The van der Waals surface area contributed by atoms with E-state index in [1.807, 2.05) is 30.9 Å². The molecule has 5 heterocycles. The van der Waals surface area contributed by atoms with Crippen LogP contribution >= 0.6 is 0 Å². The number of nitrogens with zero attached hydrogens (tertiary/aromatic N) is 9. The molecule has 0 unspecified atom stereocenters. The zero-order chi connectivity index (χ0) is 28.1. The summed E-state index contributed by atoms with van der Waals surface area (Å²) >= 11 is 0. The van der Waals surface area contributed by atoms with Gasteiger partial charge in [0.05, 0.1) is 12.4 Å². The topological polar surface area (TPSA) is 116 Å². The summed E-state index contributed by atoms with van der Waals surface area (Å²) in [5, 5.41) is 8.02. The highest BCUT2D eigenvalue weighted by Gasteiger charge is 2.12. The summed E-state index contributed by atoms with van der Waals surface area (Å²) in [5.41, 5.74) is 11.6. The maximum Gasteiger partial charge on any atom is 0.115 e. The van der Waals surface area contributed by atoms with E-state index in [-0.39, 0.29) is 0 Å². The summed E-state index contributed by atoms with van der Waals surface area (Å²) in [6.45, 7) is 0. The fourth-order valence-corrected chi connectivity index (χ4v) is 4.82. The predicted octanol–water partition coefficient (Wildman–Crippen LogP) is 6.24. The van der Waals surface area contributed by atoms with Gasteiger partial charge in [0.25, 0.3) is 0 Å². The minimum Gasteiger partial charge on any atom is -0.263 e. The Balaban J connectivity index is 1.37. The second-order valence-corrected chi connectivity index (χ2v) is 9.57. The second-order valence-electron chi connectivity index (χ2n) is 9.57. The quantitative estimate of drug-likeness (QED) is 0.240. The Morgan fingerprint density at radius 1 is 0.262 bits per heavy atom. The normalized spacial score (nSPS) is 10.9. The molecule has 42 heavy (non-hydrogen) atoms. The lowest BCUT2D eigenvalue weighted by molar-refractivity contribution is 1.03. The van der Waals surface area contributed by atoms with Crippen molar-refractivity contribution in [1.29, 1.82) is 0 Å². The van der Waals surface area contributed by atoms with Crippen molar-refractivity contribution >= 4 is 0 Å². The molecule has 0 spiro atoms. The molecular weight excluding hydrogens is 522 g/mol. The van der Waals surface area contributed by atoms with Crippen LogP contribution in [0.1, 0.15) is 0 Å². The number of hydrogen-bond acceptors (Lipinski definition) is 9. The maximum absolute atomic E-state index is 4.65. The smallest absolute Gasteiger partial charge is 0.115 e. The summed E-state index contributed by atoms with van der Waals surface area (Å²) in [6, 6.07) is 16.8. The van der Waals surface area contributed by atoms with Crippen LogP contribution in [0.15, 0.2) is 129 Å². The molecule has 7 aromatic rings. The number of benzene rings is 2. The van der Waals surface area contributed by atoms with Gasteiger partial charge in [-0.05, 0) is 81.9 Å². The third kappa shape index (κ3) is 5.22. The zero-order valence-corrected chi connectivity index (χ0v) is 22.1. The van der Waals surface area contributed by atoms with Crippen molar-refractivity contribution < 1.29 is 0 Å². The summed E-state index contributed by atoms with van der Waals surface area (Å²) in [6.07, 6.45) is 22.6. The Hall–Kier alpha value is -6.09. The standard InChI is InChI=1S/C33H21N9/c1-2-41-42-18-22(1)23-3-24(5-26(4-23)31-12-35-19-36-13-31)29-9-30(11-34-10-29)25-6-27(32-14-37-20-38-15-32)8-28(7-25)33-16-39-21-40-17-33/h1-21H. The Kier molecular flexibility index (Phi) is 6.63. The van der Waals surface area contributed by atoms with E-state index in [1.54, 1.807) is 37.2 Å². The van der Waals surface area contributed by atoms with Gasteiger partial charge in [-0.25, -0.2) is 29.9 Å². The number of pyridine rings is 1. The Bertz CT molecular complexity index is 1710. The van der Waals surface area contributed by atoms with E-state index < -0.39 is 0 Å². The van der Waals surface area contributed by atoms with Crippen molar-refractivity contribution in [2.24, 2.45) is 0 Å². The third-order valence-electron chi connectivity index (χ3n) is 6.87. The molecule has 9 heteroatoms. The van der Waals surface area contributed by atoms with E-state index >= 15 is 0 Å². The molecule has 0 aliphatic carbocycles. The van der Waals surface area contributed by atoms with Crippen LogP contribution in [0.4, 0.5) is 0 Å². The monoisotopic (exact) mass is 543 g/mol. The van der Waals surface area contributed by atoms with Gasteiger partial charge in [-0.3, -0.25) is 4.98 Å². The first-order valence-corrected chi connectivity index (χ1v) is 13.1. The van der Waals surface area contributed by atoms with E-state index in [2.05, 4.69) is 87.5 Å². The number of aromatic nitrogens is 9. The first-order chi connectivity index (χ1) is 20.8. The van der Waals surface area contributed by atoms with Crippen LogP contribution in [0.3, 0.4) is 0 Å². The summed E-state index contributed by atoms with van der Waals surface area (Å²) in [5.74, 6) is 0. The lowest BCUT2D eigenvalue weighted by Crippen LogP contribution is -1.91. The second kappa shape index (κ2) is 11.2. The van der Waals surface area contributed by atoms with Crippen LogP contribution in [0.2, 0.25) is 0 Å². The summed E-state index contributed by atoms with van der Waals surface area (Å²) in [7, 11) is 0. The van der Waals surface area contributed by atoms with E-state index in [0.29, 0.717) is 0 Å². The van der Waals surface area contributed by atoms with Gasteiger partial charge >= 0.3 is 0 Å². The third-order valence-corrected chi connectivity index (χ3v) is 6.87. The van der Waals surface area contributed by atoms with Crippen LogP contribution in [-0.2, 0) is 0 Å². The van der Waals surface area contributed by atoms with Gasteiger partial charge in [0.15, 0.2) is 0 Å². The molecule has 9 nitrogen and oxygen atoms in total. The number of hydrogen-bond donors (Lipinski definition) is 0. The summed E-state index contributed by atoms with van der Waals surface area (Å²) in [4.78, 5) is 30.0.